The third-order valence-corrected chi connectivity index (χ3v) is 4.49. The van der Waals surface area contributed by atoms with Crippen LogP contribution in [0.4, 0.5) is 5.69 Å². The molecule has 2 aromatic heterocycles. The molecule has 0 radical (unpaired) electrons. The van der Waals surface area contributed by atoms with Gasteiger partial charge in [-0.3, -0.25) is 14.0 Å². The number of nitrogens with one attached hydrogen (secondary N) is 2. The van der Waals surface area contributed by atoms with Crippen molar-refractivity contribution in [2.75, 3.05) is 11.9 Å². The lowest BCUT2D eigenvalue weighted by Crippen LogP contribution is -2.26. The number of para-hydroxylation sites is 1. The molecule has 6 nitrogen and oxygen atoms in total. The van der Waals surface area contributed by atoms with E-state index >= 15 is 0 Å². The lowest BCUT2D eigenvalue weighted by atomic mass is 9.86. The van der Waals surface area contributed by atoms with Gasteiger partial charge in [0.25, 0.3) is 11.8 Å². The highest BCUT2D eigenvalue weighted by Gasteiger charge is 2.23. The minimum Gasteiger partial charge on any atom is -0.349 e. The first-order valence-electron chi connectivity index (χ1n) is 9.49. The summed E-state index contributed by atoms with van der Waals surface area (Å²) in [6, 6.07) is 13.1. The van der Waals surface area contributed by atoms with Crippen molar-refractivity contribution < 1.29 is 9.59 Å². The van der Waals surface area contributed by atoms with Crippen molar-refractivity contribution in [1.82, 2.24) is 14.7 Å². The molecule has 0 aliphatic carbocycles. The average Bonchev–Trinajstić information content (AvgIpc) is 3.05. The molecule has 28 heavy (non-hydrogen) atoms. The first-order valence-corrected chi connectivity index (χ1v) is 9.49. The molecular weight excluding hydrogens is 352 g/mol. The number of pyridine rings is 1. The van der Waals surface area contributed by atoms with Gasteiger partial charge in [0.1, 0.15) is 0 Å². The van der Waals surface area contributed by atoms with Crippen LogP contribution < -0.4 is 10.6 Å². The quantitative estimate of drug-likeness (QED) is 0.704. The van der Waals surface area contributed by atoms with Crippen LogP contribution in [0.15, 0.2) is 48.7 Å². The van der Waals surface area contributed by atoms with Gasteiger partial charge in [-0.05, 0) is 35.6 Å². The second-order valence-electron chi connectivity index (χ2n) is 7.75. The van der Waals surface area contributed by atoms with Gasteiger partial charge >= 0.3 is 0 Å². The van der Waals surface area contributed by atoms with Crippen molar-refractivity contribution in [3.8, 4) is 0 Å². The van der Waals surface area contributed by atoms with Crippen LogP contribution in [0.1, 0.15) is 60.8 Å². The van der Waals surface area contributed by atoms with Gasteiger partial charge < -0.3 is 10.6 Å². The zero-order valence-electron chi connectivity index (χ0n) is 16.7. The number of benzene rings is 1. The van der Waals surface area contributed by atoms with Crippen molar-refractivity contribution in [2.24, 2.45) is 0 Å². The van der Waals surface area contributed by atoms with Crippen molar-refractivity contribution in [3.63, 3.8) is 0 Å². The maximum atomic E-state index is 13.0. The van der Waals surface area contributed by atoms with E-state index in [9.17, 15) is 9.59 Å². The van der Waals surface area contributed by atoms with E-state index < -0.39 is 0 Å². The van der Waals surface area contributed by atoms with Crippen LogP contribution in [0.2, 0.25) is 0 Å². The predicted molar refractivity (Wildman–Crippen MR) is 111 cm³/mol. The highest BCUT2D eigenvalue weighted by atomic mass is 16.2. The van der Waals surface area contributed by atoms with E-state index in [4.69, 9.17) is 0 Å². The number of fused-ring (bicyclic) bond motifs is 1. The fraction of sp³-hybridized carbons (Fsp3) is 0.318. The number of amides is 2. The maximum absolute atomic E-state index is 13.0. The molecule has 2 N–H and O–H groups in total. The van der Waals surface area contributed by atoms with E-state index in [-0.39, 0.29) is 28.7 Å². The van der Waals surface area contributed by atoms with E-state index in [1.807, 2.05) is 43.3 Å². The Morgan fingerprint density at radius 3 is 2.46 bits per heavy atom. The zero-order valence-corrected chi connectivity index (χ0v) is 16.7. The number of aromatic nitrogens is 2. The molecule has 0 saturated carbocycles. The van der Waals surface area contributed by atoms with Crippen LogP contribution >= 0.6 is 0 Å². The summed E-state index contributed by atoms with van der Waals surface area (Å²) in [4.78, 5) is 29.9. The molecule has 0 atom stereocenters. The summed E-state index contributed by atoms with van der Waals surface area (Å²) in [6.45, 7) is 8.83. The summed E-state index contributed by atoms with van der Waals surface area (Å²) in [5.74, 6) is -0.426. The number of anilines is 1. The molecule has 0 saturated heterocycles. The van der Waals surface area contributed by atoms with Crippen LogP contribution in [0, 0.1) is 0 Å². The predicted octanol–water partition coefficient (Wildman–Crippen LogP) is 4.02. The van der Waals surface area contributed by atoms with Gasteiger partial charge in [0, 0.05) is 18.4 Å². The Kier molecular flexibility index (Phi) is 5.49. The summed E-state index contributed by atoms with van der Waals surface area (Å²) in [7, 11) is 0. The fourth-order valence-corrected chi connectivity index (χ4v) is 3.11. The smallest absolute Gasteiger partial charge is 0.287 e. The largest absolute Gasteiger partial charge is 0.349 e. The minimum atomic E-state index is -0.338. The minimum absolute atomic E-state index is 0.120. The Labute approximate surface area is 165 Å². The van der Waals surface area contributed by atoms with Crippen molar-refractivity contribution in [3.05, 3.63) is 65.7 Å². The number of carbonyl (C=O) groups excluding carboxylic acids is 2. The van der Waals surface area contributed by atoms with Crippen molar-refractivity contribution in [2.45, 2.75) is 39.5 Å². The molecule has 0 aliphatic rings. The molecule has 1 aromatic carbocycles. The fourth-order valence-electron chi connectivity index (χ4n) is 3.11. The summed E-state index contributed by atoms with van der Waals surface area (Å²) in [5, 5.41) is 5.79. The Morgan fingerprint density at radius 2 is 1.75 bits per heavy atom. The molecule has 2 amide bonds. The molecule has 0 spiro atoms. The number of hydrogen-bond donors (Lipinski definition) is 2. The van der Waals surface area contributed by atoms with Crippen molar-refractivity contribution >= 4 is 23.0 Å². The molecule has 2 heterocycles. The van der Waals surface area contributed by atoms with Crippen LogP contribution in [0.3, 0.4) is 0 Å². The average molecular weight is 378 g/mol. The topological polar surface area (TPSA) is 75.5 Å². The Balaban J connectivity index is 1.99. The zero-order chi connectivity index (χ0) is 20.3. The van der Waals surface area contributed by atoms with E-state index in [0.29, 0.717) is 12.1 Å². The normalized spacial score (nSPS) is 11.4. The maximum Gasteiger partial charge on any atom is 0.287 e. The lowest BCUT2D eigenvalue weighted by molar-refractivity contribution is 0.0942. The number of carbonyl (C=O) groups is 2. The van der Waals surface area contributed by atoms with Gasteiger partial charge in [-0.2, -0.15) is 0 Å². The van der Waals surface area contributed by atoms with Crippen LogP contribution in [-0.2, 0) is 5.41 Å². The van der Waals surface area contributed by atoms with Gasteiger partial charge in [-0.1, -0.05) is 52.0 Å². The van der Waals surface area contributed by atoms with Gasteiger partial charge in [0.05, 0.1) is 5.52 Å². The second kappa shape index (κ2) is 7.84. The summed E-state index contributed by atoms with van der Waals surface area (Å²) >= 11 is 0. The second-order valence-corrected chi connectivity index (χ2v) is 7.75. The van der Waals surface area contributed by atoms with E-state index in [0.717, 1.165) is 17.7 Å². The SMILES string of the molecule is CCCNC(=O)c1nc(C(=O)Nc2ccccc2C(C)(C)C)c2ccccn12. The van der Waals surface area contributed by atoms with E-state index in [1.165, 1.54) is 0 Å². The number of imidazole rings is 1. The highest BCUT2D eigenvalue weighted by molar-refractivity contribution is 6.09. The molecule has 0 bridgehead atoms. The molecule has 3 rings (SSSR count). The summed E-state index contributed by atoms with van der Waals surface area (Å²) < 4.78 is 1.65. The van der Waals surface area contributed by atoms with E-state index in [2.05, 4.69) is 36.4 Å². The van der Waals surface area contributed by atoms with Crippen LogP contribution in [0.5, 0.6) is 0 Å². The van der Waals surface area contributed by atoms with Crippen LogP contribution in [0.25, 0.3) is 5.52 Å². The highest BCUT2D eigenvalue weighted by Crippen LogP contribution is 2.29. The Bertz CT molecular complexity index is 1010. The van der Waals surface area contributed by atoms with Gasteiger partial charge in [-0.25, -0.2) is 4.98 Å². The Morgan fingerprint density at radius 1 is 1.04 bits per heavy atom. The van der Waals surface area contributed by atoms with Crippen LogP contribution in [-0.4, -0.2) is 27.7 Å². The molecule has 0 fully saturated rings. The molecule has 0 unspecified atom stereocenters. The number of rotatable bonds is 5. The van der Waals surface area contributed by atoms with E-state index in [1.54, 1.807) is 16.7 Å². The van der Waals surface area contributed by atoms with Gasteiger partial charge in [0.15, 0.2) is 5.69 Å². The number of nitrogens with zero attached hydrogens (tertiary/aromatic N) is 2. The first-order chi connectivity index (χ1) is 13.3. The molecule has 0 aliphatic heterocycles. The standard InChI is InChI=1S/C22H26N4O2/c1-5-13-23-21(28)19-25-18(17-12-8-9-14-26(17)19)20(27)24-16-11-7-6-10-15(16)22(2,3)4/h6-12,14H,5,13H2,1-4H3,(H,23,28)(H,24,27). The van der Waals surface area contributed by atoms with Gasteiger partial charge in [-0.15, -0.1) is 0 Å². The third kappa shape index (κ3) is 3.91. The third-order valence-electron chi connectivity index (χ3n) is 4.49. The molecule has 146 valence electrons. The van der Waals surface area contributed by atoms with Crippen molar-refractivity contribution in [1.29, 1.82) is 0 Å². The molecular formula is C22H26N4O2. The molecule has 3 aromatic rings. The first kappa shape index (κ1) is 19.6. The number of hydrogen-bond acceptors (Lipinski definition) is 3. The molecule has 6 heteroatoms. The van der Waals surface area contributed by atoms with Gasteiger partial charge in [0.2, 0.25) is 5.82 Å². The summed E-state index contributed by atoms with van der Waals surface area (Å²) in [6.07, 6.45) is 2.56. The Hall–Kier alpha value is -3.15. The lowest BCUT2D eigenvalue weighted by Gasteiger charge is -2.22. The summed E-state index contributed by atoms with van der Waals surface area (Å²) in [5.41, 5.74) is 2.48. The monoisotopic (exact) mass is 378 g/mol.